The van der Waals surface area contributed by atoms with Crippen molar-refractivity contribution >= 4 is 6.03 Å². The smallest absolute Gasteiger partial charge is 0.317 e. The van der Waals surface area contributed by atoms with Crippen molar-refractivity contribution in [3.8, 4) is 11.8 Å². The molecule has 0 atom stereocenters. The van der Waals surface area contributed by atoms with Crippen LogP contribution in [-0.2, 0) is 6.54 Å². The summed E-state index contributed by atoms with van der Waals surface area (Å²) in [5.41, 5.74) is 1.87. The molecule has 1 aromatic carbocycles. The van der Waals surface area contributed by atoms with E-state index in [1.807, 2.05) is 38.1 Å². The molecule has 4 nitrogen and oxygen atoms in total. The number of urea groups is 1. The maximum absolute atomic E-state index is 11.9. The van der Waals surface area contributed by atoms with E-state index in [2.05, 4.69) is 17.2 Å². The van der Waals surface area contributed by atoms with Gasteiger partial charge >= 0.3 is 6.03 Å². The van der Waals surface area contributed by atoms with Gasteiger partial charge < -0.3 is 15.3 Å². The predicted octanol–water partition coefficient (Wildman–Crippen LogP) is 1.97. The van der Waals surface area contributed by atoms with Gasteiger partial charge in [0.2, 0.25) is 0 Å². The molecule has 20 heavy (non-hydrogen) atoms. The van der Waals surface area contributed by atoms with Crippen LogP contribution in [-0.4, -0.2) is 35.7 Å². The lowest BCUT2D eigenvalue weighted by Crippen LogP contribution is -2.39. The zero-order valence-corrected chi connectivity index (χ0v) is 12.1. The summed E-state index contributed by atoms with van der Waals surface area (Å²) in [7, 11) is 0. The van der Waals surface area contributed by atoms with Crippen molar-refractivity contribution in [1.82, 2.24) is 10.2 Å². The molecule has 2 N–H and O–H groups in total. The molecule has 0 saturated carbocycles. The maximum atomic E-state index is 11.9. The van der Waals surface area contributed by atoms with Crippen molar-refractivity contribution in [2.45, 2.75) is 26.8 Å². The van der Waals surface area contributed by atoms with Crippen LogP contribution in [0.2, 0.25) is 0 Å². The molecule has 1 rings (SSSR count). The fourth-order valence-corrected chi connectivity index (χ4v) is 1.80. The second kappa shape index (κ2) is 9.00. The lowest BCUT2D eigenvalue weighted by Gasteiger charge is -2.19. The maximum Gasteiger partial charge on any atom is 0.317 e. The molecule has 108 valence electrons. The standard InChI is InChI=1S/C16H22N2O2/c1-3-18(4-2)16(20)17-13-15-11-6-5-9-14(15)10-7-8-12-19/h5-6,9,11,19H,3-4,8,12-13H2,1-2H3,(H,17,20). The van der Waals surface area contributed by atoms with Crippen LogP contribution < -0.4 is 5.32 Å². The fourth-order valence-electron chi connectivity index (χ4n) is 1.80. The van der Waals surface area contributed by atoms with Gasteiger partial charge in [0.25, 0.3) is 0 Å². The number of carbonyl (C=O) groups is 1. The van der Waals surface area contributed by atoms with Crippen molar-refractivity contribution in [3.63, 3.8) is 0 Å². The number of rotatable bonds is 5. The number of hydrogen-bond acceptors (Lipinski definition) is 2. The average Bonchev–Trinajstić information content (AvgIpc) is 2.48. The van der Waals surface area contributed by atoms with Gasteiger partial charge in [-0.15, -0.1) is 0 Å². The summed E-state index contributed by atoms with van der Waals surface area (Å²) in [5, 5.41) is 11.6. The highest BCUT2D eigenvalue weighted by Gasteiger charge is 2.09. The Bertz CT molecular complexity index is 485. The quantitative estimate of drug-likeness (QED) is 0.807. The van der Waals surface area contributed by atoms with Crippen LogP contribution in [0.4, 0.5) is 4.79 Å². The van der Waals surface area contributed by atoms with Crippen LogP contribution >= 0.6 is 0 Å². The summed E-state index contributed by atoms with van der Waals surface area (Å²) >= 11 is 0. The largest absolute Gasteiger partial charge is 0.395 e. The van der Waals surface area contributed by atoms with E-state index >= 15 is 0 Å². The van der Waals surface area contributed by atoms with Crippen molar-refractivity contribution in [1.29, 1.82) is 0 Å². The van der Waals surface area contributed by atoms with Crippen LogP contribution in [0.3, 0.4) is 0 Å². The molecule has 4 heteroatoms. The van der Waals surface area contributed by atoms with Gasteiger partial charge in [-0.3, -0.25) is 0 Å². The van der Waals surface area contributed by atoms with Gasteiger partial charge in [-0.1, -0.05) is 30.0 Å². The third kappa shape index (κ3) is 4.94. The third-order valence-electron chi connectivity index (χ3n) is 2.96. The molecular formula is C16H22N2O2. The van der Waals surface area contributed by atoms with Crippen LogP contribution in [0.5, 0.6) is 0 Å². The van der Waals surface area contributed by atoms with E-state index in [-0.39, 0.29) is 12.6 Å². The Kier molecular flexibility index (Phi) is 7.23. The van der Waals surface area contributed by atoms with Crippen LogP contribution in [0.25, 0.3) is 0 Å². The highest BCUT2D eigenvalue weighted by atomic mass is 16.2. The third-order valence-corrected chi connectivity index (χ3v) is 2.96. The number of aliphatic hydroxyl groups excluding tert-OH is 1. The summed E-state index contributed by atoms with van der Waals surface area (Å²) in [5.74, 6) is 5.92. The Hall–Kier alpha value is -1.99. The molecule has 0 aliphatic heterocycles. The molecule has 0 unspecified atom stereocenters. The van der Waals surface area contributed by atoms with Crippen molar-refractivity contribution in [2.24, 2.45) is 0 Å². The van der Waals surface area contributed by atoms with Gasteiger partial charge in [0.1, 0.15) is 0 Å². The molecule has 0 spiro atoms. The molecule has 1 aromatic rings. The molecule has 0 aromatic heterocycles. The Morgan fingerprint density at radius 2 is 2.00 bits per heavy atom. The van der Waals surface area contributed by atoms with Crippen LogP contribution in [0.15, 0.2) is 24.3 Å². The molecule has 0 aliphatic rings. The van der Waals surface area contributed by atoms with E-state index in [9.17, 15) is 4.79 Å². The molecule has 0 heterocycles. The minimum absolute atomic E-state index is 0.0619. The lowest BCUT2D eigenvalue weighted by atomic mass is 10.1. The normalized spacial score (nSPS) is 9.55. The minimum atomic E-state index is -0.0619. The molecule has 0 radical (unpaired) electrons. The van der Waals surface area contributed by atoms with E-state index < -0.39 is 0 Å². The highest BCUT2D eigenvalue weighted by molar-refractivity contribution is 5.74. The Morgan fingerprint density at radius 3 is 2.65 bits per heavy atom. The highest BCUT2D eigenvalue weighted by Crippen LogP contribution is 2.07. The zero-order chi connectivity index (χ0) is 14.8. The Balaban J connectivity index is 2.69. The van der Waals surface area contributed by atoms with Crippen molar-refractivity contribution in [2.75, 3.05) is 19.7 Å². The number of nitrogens with zero attached hydrogens (tertiary/aromatic N) is 1. The van der Waals surface area contributed by atoms with Gasteiger partial charge in [-0.2, -0.15) is 0 Å². The van der Waals surface area contributed by atoms with Crippen LogP contribution in [0.1, 0.15) is 31.4 Å². The van der Waals surface area contributed by atoms with E-state index in [4.69, 9.17) is 5.11 Å². The number of hydrogen-bond donors (Lipinski definition) is 2. The Labute approximate surface area is 120 Å². The first-order chi connectivity index (χ1) is 9.72. The summed E-state index contributed by atoms with van der Waals surface area (Å²) in [4.78, 5) is 13.6. The van der Waals surface area contributed by atoms with Crippen LogP contribution in [0, 0.1) is 11.8 Å². The van der Waals surface area contributed by atoms with Gasteiger partial charge in [-0.05, 0) is 25.5 Å². The second-order valence-electron chi connectivity index (χ2n) is 4.26. The summed E-state index contributed by atoms with van der Waals surface area (Å²) in [6, 6.07) is 7.65. The van der Waals surface area contributed by atoms with E-state index in [0.717, 1.165) is 11.1 Å². The fraction of sp³-hybridized carbons (Fsp3) is 0.438. The summed E-state index contributed by atoms with van der Waals surface area (Å²) in [6.45, 7) is 5.82. The van der Waals surface area contributed by atoms with Gasteiger partial charge in [-0.25, -0.2) is 4.79 Å². The van der Waals surface area contributed by atoms with E-state index in [0.29, 0.717) is 26.1 Å². The second-order valence-corrected chi connectivity index (χ2v) is 4.26. The number of aliphatic hydroxyl groups is 1. The molecule has 0 aliphatic carbocycles. The molecule has 0 fully saturated rings. The van der Waals surface area contributed by atoms with Crippen molar-refractivity contribution < 1.29 is 9.90 Å². The summed E-state index contributed by atoms with van der Waals surface area (Å²) < 4.78 is 0. The first kappa shape index (κ1) is 16.1. The van der Waals surface area contributed by atoms with Gasteiger partial charge in [0.15, 0.2) is 0 Å². The predicted molar refractivity (Wildman–Crippen MR) is 80.2 cm³/mol. The number of amides is 2. The lowest BCUT2D eigenvalue weighted by molar-refractivity contribution is 0.203. The minimum Gasteiger partial charge on any atom is -0.395 e. The molecule has 2 amide bonds. The molecular weight excluding hydrogens is 252 g/mol. The van der Waals surface area contributed by atoms with E-state index in [1.54, 1.807) is 4.90 Å². The molecule has 0 saturated heterocycles. The molecule has 0 bridgehead atoms. The first-order valence-electron chi connectivity index (χ1n) is 6.93. The van der Waals surface area contributed by atoms with E-state index in [1.165, 1.54) is 0 Å². The Morgan fingerprint density at radius 1 is 1.30 bits per heavy atom. The number of benzene rings is 1. The first-order valence-corrected chi connectivity index (χ1v) is 6.93. The average molecular weight is 274 g/mol. The monoisotopic (exact) mass is 274 g/mol. The number of carbonyl (C=O) groups excluding carboxylic acids is 1. The summed E-state index contributed by atoms with van der Waals surface area (Å²) in [6.07, 6.45) is 0.458. The van der Waals surface area contributed by atoms with Crippen molar-refractivity contribution in [3.05, 3.63) is 35.4 Å². The van der Waals surface area contributed by atoms with Gasteiger partial charge in [0.05, 0.1) is 6.61 Å². The zero-order valence-electron chi connectivity index (χ0n) is 12.1. The SMILES string of the molecule is CCN(CC)C(=O)NCc1ccccc1C#CCCO. The number of nitrogens with one attached hydrogen (secondary N) is 1. The topological polar surface area (TPSA) is 52.6 Å². The van der Waals surface area contributed by atoms with Gasteiger partial charge in [0, 0.05) is 31.6 Å².